The van der Waals surface area contributed by atoms with Crippen molar-refractivity contribution in [2.45, 2.75) is 52.3 Å². The zero-order chi connectivity index (χ0) is 15.7. The smallest absolute Gasteiger partial charge is 0.384 e. The number of aromatic nitrogens is 2. The zero-order valence-corrected chi connectivity index (χ0v) is 12.4. The summed E-state index contributed by atoms with van der Waals surface area (Å²) < 4.78 is 38.0. The Labute approximate surface area is 117 Å². The van der Waals surface area contributed by atoms with Gasteiger partial charge in [-0.05, 0) is 13.8 Å². The molecule has 1 aromatic rings. The normalized spacial score (nSPS) is 12.8. The average Bonchev–Trinajstić information content (AvgIpc) is 2.22. The monoisotopic (exact) mass is 290 g/mol. The molecule has 0 atom stereocenters. The van der Waals surface area contributed by atoms with Crippen LogP contribution in [-0.4, -0.2) is 28.7 Å². The van der Waals surface area contributed by atoms with Gasteiger partial charge in [0.25, 0.3) is 0 Å². The van der Waals surface area contributed by atoms with Crippen LogP contribution in [0.25, 0.3) is 0 Å². The number of alkyl halides is 3. The van der Waals surface area contributed by atoms with Gasteiger partial charge in [-0.2, -0.15) is 13.2 Å². The second kappa shape index (κ2) is 5.46. The minimum Gasteiger partial charge on any atom is -0.384 e. The predicted molar refractivity (Wildman–Crippen MR) is 73.7 cm³/mol. The third-order valence-electron chi connectivity index (χ3n) is 2.67. The molecule has 0 unspecified atom stereocenters. The van der Waals surface area contributed by atoms with Gasteiger partial charge in [-0.1, -0.05) is 20.8 Å². The van der Waals surface area contributed by atoms with E-state index in [0.717, 1.165) is 0 Å². The highest BCUT2D eigenvalue weighted by atomic mass is 19.4. The van der Waals surface area contributed by atoms with Crippen molar-refractivity contribution in [2.75, 3.05) is 17.2 Å². The highest BCUT2D eigenvalue weighted by molar-refractivity contribution is 5.48. The molecule has 2 N–H and O–H groups in total. The maximum absolute atomic E-state index is 12.7. The fourth-order valence-corrected chi connectivity index (χ4v) is 1.66. The largest absolute Gasteiger partial charge is 0.405 e. The number of rotatable bonds is 3. The van der Waals surface area contributed by atoms with Crippen LogP contribution < -0.4 is 10.6 Å². The summed E-state index contributed by atoms with van der Waals surface area (Å²) in [6.45, 7) is 7.95. The minimum absolute atomic E-state index is 0.174. The SMILES string of the molecule is CC(C)N(CC(F)(F)F)c1cc(N)nc(C(C)(C)C)n1. The lowest BCUT2D eigenvalue weighted by Gasteiger charge is -2.30. The van der Waals surface area contributed by atoms with E-state index in [1.54, 1.807) is 13.8 Å². The zero-order valence-electron chi connectivity index (χ0n) is 12.4. The molecule has 0 aromatic carbocycles. The van der Waals surface area contributed by atoms with Crippen LogP contribution in [0.15, 0.2) is 6.07 Å². The lowest BCUT2D eigenvalue weighted by atomic mass is 9.96. The van der Waals surface area contributed by atoms with Crippen LogP contribution in [0.3, 0.4) is 0 Å². The van der Waals surface area contributed by atoms with Crippen LogP contribution in [0.2, 0.25) is 0 Å². The summed E-state index contributed by atoms with van der Waals surface area (Å²) in [5, 5.41) is 0. The van der Waals surface area contributed by atoms with Gasteiger partial charge in [0.15, 0.2) is 0 Å². The molecule has 0 bridgehead atoms. The Kier molecular flexibility index (Phi) is 4.51. The maximum atomic E-state index is 12.7. The molecule has 1 rings (SSSR count). The fourth-order valence-electron chi connectivity index (χ4n) is 1.66. The summed E-state index contributed by atoms with van der Waals surface area (Å²) in [7, 11) is 0. The Morgan fingerprint density at radius 1 is 1.20 bits per heavy atom. The van der Waals surface area contributed by atoms with Crippen molar-refractivity contribution in [1.82, 2.24) is 9.97 Å². The topological polar surface area (TPSA) is 55.0 Å². The van der Waals surface area contributed by atoms with Crippen LogP contribution in [0.4, 0.5) is 24.8 Å². The minimum atomic E-state index is -4.30. The molecule has 0 saturated carbocycles. The van der Waals surface area contributed by atoms with E-state index in [1.807, 2.05) is 20.8 Å². The molecule has 0 fully saturated rings. The van der Waals surface area contributed by atoms with E-state index in [9.17, 15) is 13.2 Å². The van der Waals surface area contributed by atoms with E-state index in [0.29, 0.717) is 5.82 Å². The van der Waals surface area contributed by atoms with E-state index < -0.39 is 12.7 Å². The van der Waals surface area contributed by atoms with E-state index in [1.165, 1.54) is 11.0 Å². The van der Waals surface area contributed by atoms with Crippen LogP contribution >= 0.6 is 0 Å². The molecule has 0 amide bonds. The molecule has 0 radical (unpaired) electrons. The van der Waals surface area contributed by atoms with Gasteiger partial charge in [0.2, 0.25) is 0 Å². The van der Waals surface area contributed by atoms with Crippen molar-refractivity contribution in [3.05, 3.63) is 11.9 Å². The molecule has 4 nitrogen and oxygen atoms in total. The molecule has 0 aliphatic heterocycles. The van der Waals surface area contributed by atoms with Crippen molar-refractivity contribution >= 4 is 11.6 Å². The van der Waals surface area contributed by atoms with Crippen LogP contribution in [0.5, 0.6) is 0 Å². The summed E-state index contributed by atoms with van der Waals surface area (Å²) in [5.41, 5.74) is 5.31. The van der Waals surface area contributed by atoms with Crippen LogP contribution in [0, 0.1) is 0 Å². The van der Waals surface area contributed by atoms with Gasteiger partial charge in [-0.3, -0.25) is 0 Å². The molecular formula is C13H21F3N4. The van der Waals surface area contributed by atoms with Gasteiger partial charge in [0.1, 0.15) is 24.0 Å². The molecule has 1 heterocycles. The number of anilines is 2. The first kappa shape index (κ1) is 16.5. The van der Waals surface area contributed by atoms with Gasteiger partial charge < -0.3 is 10.6 Å². The highest BCUT2D eigenvalue weighted by Crippen LogP contribution is 2.26. The van der Waals surface area contributed by atoms with E-state index in [-0.39, 0.29) is 23.1 Å². The molecule has 0 saturated heterocycles. The molecule has 0 aliphatic carbocycles. The first-order valence-electron chi connectivity index (χ1n) is 6.38. The summed E-state index contributed by atoms with van der Waals surface area (Å²) in [6, 6.07) is 1.03. The predicted octanol–water partition coefficient (Wildman–Crippen LogP) is 3.13. The Morgan fingerprint density at radius 3 is 2.15 bits per heavy atom. The van der Waals surface area contributed by atoms with E-state index in [4.69, 9.17) is 5.73 Å². The summed E-state index contributed by atoms with van der Waals surface area (Å²) in [5.74, 6) is 0.808. The molecule has 0 aliphatic rings. The third-order valence-corrected chi connectivity index (χ3v) is 2.67. The van der Waals surface area contributed by atoms with Crippen molar-refractivity contribution in [1.29, 1.82) is 0 Å². The Hall–Kier alpha value is -1.53. The van der Waals surface area contributed by atoms with Crippen molar-refractivity contribution in [3.8, 4) is 0 Å². The third kappa shape index (κ3) is 4.54. The van der Waals surface area contributed by atoms with Crippen molar-refractivity contribution in [2.24, 2.45) is 0 Å². The van der Waals surface area contributed by atoms with Crippen molar-refractivity contribution in [3.63, 3.8) is 0 Å². The molecule has 20 heavy (non-hydrogen) atoms. The fraction of sp³-hybridized carbons (Fsp3) is 0.692. The van der Waals surface area contributed by atoms with Gasteiger partial charge in [-0.25, -0.2) is 9.97 Å². The molecular weight excluding hydrogens is 269 g/mol. The Bertz CT molecular complexity index is 464. The van der Waals surface area contributed by atoms with Crippen LogP contribution in [-0.2, 0) is 5.41 Å². The van der Waals surface area contributed by atoms with Crippen LogP contribution in [0.1, 0.15) is 40.4 Å². The number of hydrogen-bond acceptors (Lipinski definition) is 4. The Balaban J connectivity index is 3.24. The molecule has 114 valence electrons. The number of nitrogen functional groups attached to an aromatic ring is 1. The van der Waals surface area contributed by atoms with E-state index >= 15 is 0 Å². The lowest BCUT2D eigenvalue weighted by Crippen LogP contribution is -2.40. The van der Waals surface area contributed by atoms with E-state index in [2.05, 4.69) is 9.97 Å². The second-order valence-electron chi connectivity index (χ2n) is 6.06. The summed E-state index contributed by atoms with van der Waals surface area (Å²) >= 11 is 0. The Morgan fingerprint density at radius 2 is 1.75 bits per heavy atom. The highest BCUT2D eigenvalue weighted by Gasteiger charge is 2.33. The van der Waals surface area contributed by atoms with Crippen molar-refractivity contribution < 1.29 is 13.2 Å². The average molecular weight is 290 g/mol. The molecule has 0 spiro atoms. The van der Waals surface area contributed by atoms with Gasteiger partial charge in [0.05, 0.1) is 0 Å². The number of hydrogen-bond donors (Lipinski definition) is 1. The van der Waals surface area contributed by atoms with Gasteiger partial charge >= 0.3 is 6.18 Å². The quantitative estimate of drug-likeness (QED) is 0.929. The maximum Gasteiger partial charge on any atom is 0.405 e. The number of nitrogens with zero attached hydrogens (tertiary/aromatic N) is 3. The van der Waals surface area contributed by atoms with Gasteiger partial charge in [0, 0.05) is 17.5 Å². The first-order chi connectivity index (χ1) is 8.90. The second-order valence-corrected chi connectivity index (χ2v) is 6.06. The van der Waals surface area contributed by atoms with Gasteiger partial charge in [-0.15, -0.1) is 0 Å². The lowest BCUT2D eigenvalue weighted by molar-refractivity contribution is -0.120. The summed E-state index contributed by atoms with van der Waals surface area (Å²) in [6.07, 6.45) is -4.30. The number of nitrogens with two attached hydrogens (primary N) is 1. The molecule has 7 heteroatoms. The first-order valence-corrected chi connectivity index (χ1v) is 6.38. The molecule has 1 aromatic heterocycles. The summed E-state index contributed by atoms with van der Waals surface area (Å²) in [4.78, 5) is 9.52. The standard InChI is InChI=1S/C13H21F3N4/c1-8(2)20(7-13(14,15)16)10-6-9(17)18-11(19-10)12(3,4)5/h6,8H,7H2,1-5H3,(H2,17,18,19). The number of halogens is 3.